The summed E-state index contributed by atoms with van der Waals surface area (Å²) in [5, 5.41) is 22.9. The lowest BCUT2D eigenvalue weighted by atomic mass is 9.78. The second-order valence-electron chi connectivity index (χ2n) is 9.77. The third-order valence-electron chi connectivity index (χ3n) is 6.54. The van der Waals surface area contributed by atoms with Crippen LogP contribution in [0.25, 0.3) is 0 Å². The van der Waals surface area contributed by atoms with Crippen molar-refractivity contribution >= 4 is 0 Å². The molecule has 34 heavy (non-hydrogen) atoms. The summed E-state index contributed by atoms with van der Waals surface area (Å²) in [6, 6.07) is 28.8. The predicted molar refractivity (Wildman–Crippen MR) is 141 cm³/mol. The van der Waals surface area contributed by atoms with E-state index in [0.29, 0.717) is 24.3 Å². The highest BCUT2D eigenvalue weighted by atomic mass is 16.3. The molecule has 2 N–H and O–H groups in total. The van der Waals surface area contributed by atoms with Gasteiger partial charge in [0.2, 0.25) is 0 Å². The highest BCUT2D eigenvalue weighted by Crippen LogP contribution is 2.44. The molecule has 0 bridgehead atoms. The summed E-state index contributed by atoms with van der Waals surface area (Å²) in [4.78, 5) is 0. The van der Waals surface area contributed by atoms with Crippen molar-refractivity contribution in [2.24, 2.45) is 5.92 Å². The zero-order valence-electron chi connectivity index (χ0n) is 20.5. The fraction of sp³-hybridized carbons (Fsp3) is 0.250. The van der Waals surface area contributed by atoms with Crippen molar-refractivity contribution in [1.82, 2.24) is 0 Å². The van der Waals surface area contributed by atoms with Gasteiger partial charge >= 0.3 is 0 Å². The van der Waals surface area contributed by atoms with Gasteiger partial charge in [0.1, 0.15) is 11.5 Å². The normalized spacial score (nSPS) is 11.4. The standard InChI is InChI=1S/C32H34O2/c1-21(2)30(28-17-22(3)15-26(31(28)33)19-24-11-7-5-8-12-24)29-18-23(4)16-27(32(29)34)20-25-13-9-6-10-14-25/h5-18,21,30,33-34H,19-20H2,1-4H3. The van der Waals surface area contributed by atoms with E-state index in [9.17, 15) is 10.2 Å². The van der Waals surface area contributed by atoms with Crippen LogP contribution in [0.1, 0.15) is 64.3 Å². The van der Waals surface area contributed by atoms with E-state index in [1.165, 1.54) is 11.1 Å². The summed E-state index contributed by atoms with van der Waals surface area (Å²) in [6.45, 7) is 8.46. The Morgan fingerprint density at radius 1 is 0.588 bits per heavy atom. The second-order valence-corrected chi connectivity index (χ2v) is 9.77. The van der Waals surface area contributed by atoms with E-state index in [1.54, 1.807) is 0 Å². The quantitative estimate of drug-likeness (QED) is 0.303. The molecule has 0 saturated heterocycles. The van der Waals surface area contributed by atoms with Crippen molar-refractivity contribution in [2.75, 3.05) is 0 Å². The Bertz CT molecular complexity index is 1160. The Morgan fingerprint density at radius 2 is 0.971 bits per heavy atom. The molecule has 4 aromatic rings. The summed E-state index contributed by atoms with van der Waals surface area (Å²) in [5.74, 6) is 0.732. The lowest BCUT2D eigenvalue weighted by Gasteiger charge is -2.27. The van der Waals surface area contributed by atoms with E-state index in [1.807, 2.05) is 36.4 Å². The molecule has 2 nitrogen and oxygen atoms in total. The topological polar surface area (TPSA) is 40.5 Å². The smallest absolute Gasteiger partial charge is 0.122 e. The van der Waals surface area contributed by atoms with E-state index < -0.39 is 0 Å². The first-order chi connectivity index (χ1) is 16.3. The van der Waals surface area contributed by atoms with Crippen LogP contribution in [0.15, 0.2) is 84.9 Å². The number of hydrogen-bond donors (Lipinski definition) is 2. The van der Waals surface area contributed by atoms with E-state index in [2.05, 4.69) is 76.2 Å². The minimum Gasteiger partial charge on any atom is -0.507 e. The second kappa shape index (κ2) is 10.2. The molecule has 0 unspecified atom stereocenters. The molecule has 2 heteroatoms. The van der Waals surface area contributed by atoms with Gasteiger partial charge < -0.3 is 10.2 Å². The largest absolute Gasteiger partial charge is 0.507 e. The highest BCUT2D eigenvalue weighted by Gasteiger charge is 2.27. The average molecular weight is 451 g/mol. The molecule has 0 atom stereocenters. The van der Waals surface area contributed by atoms with Crippen molar-refractivity contribution in [3.8, 4) is 11.5 Å². The van der Waals surface area contributed by atoms with Gasteiger partial charge in [-0.05, 0) is 42.0 Å². The van der Waals surface area contributed by atoms with Crippen molar-refractivity contribution in [3.63, 3.8) is 0 Å². The maximum Gasteiger partial charge on any atom is 0.122 e. The van der Waals surface area contributed by atoms with Crippen LogP contribution in [0.2, 0.25) is 0 Å². The zero-order valence-corrected chi connectivity index (χ0v) is 20.5. The summed E-state index contributed by atoms with van der Waals surface area (Å²) < 4.78 is 0. The molecular formula is C32H34O2. The number of aryl methyl sites for hydroxylation is 2. The van der Waals surface area contributed by atoms with Crippen molar-refractivity contribution in [1.29, 1.82) is 0 Å². The molecule has 0 aromatic heterocycles. The maximum atomic E-state index is 11.4. The fourth-order valence-corrected chi connectivity index (χ4v) is 5.03. The van der Waals surface area contributed by atoms with Crippen LogP contribution in [-0.2, 0) is 12.8 Å². The highest BCUT2D eigenvalue weighted by molar-refractivity contribution is 5.55. The molecule has 0 aliphatic rings. The molecule has 0 saturated carbocycles. The van der Waals surface area contributed by atoms with Gasteiger partial charge in [0.25, 0.3) is 0 Å². The molecule has 0 aliphatic heterocycles. The van der Waals surface area contributed by atoms with Crippen molar-refractivity contribution in [2.45, 2.75) is 46.5 Å². The molecule has 0 fully saturated rings. The molecule has 174 valence electrons. The minimum absolute atomic E-state index is 0.121. The van der Waals surface area contributed by atoms with Crippen molar-refractivity contribution in [3.05, 3.63) is 129 Å². The van der Waals surface area contributed by atoms with Crippen molar-refractivity contribution < 1.29 is 10.2 Å². The molecular weight excluding hydrogens is 416 g/mol. The van der Waals surface area contributed by atoms with E-state index >= 15 is 0 Å². The molecule has 0 radical (unpaired) electrons. The molecule has 0 amide bonds. The van der Waals surface area contributed by atoms with Gasteiger partial charge in [-0.25, -0.2) is 0 Å². The number of benzene rings is 4. The summed E-state index contributed by atoms with van der Waals surface area (Å²) in [5.41, 5.74) is 8.16. The number of phenols is 2. The van der Waals surface area contributed by atoms with Gasteiger partial charge in [-0.3, -0.25) is 0 Å². The van der Waals surface area contributed by atoms with Crippen LogP contribution in [-0.4, -0.2) is 10.2 Å². The molecule has 4 rings (SSSR count). The molecule has 0 spiro atoms. The van der Waals surface area contributed by atoms with Gasteiger partial charge in [-0.2, -0.15) is 0 Å². The Balaban J connectivity index is 1.80. The number of phenolic OH excluding ortho intramolecular Hbond substituents is 2. The van der Waals surface area contributed by atoms with Gasteiger partial charge in [-0.1, -0.05) is 110 Å². The third-order valence-corrected chi connectivity index (χ3v) is 6.54. The Hall–Kier alpha value is -3.52. The Labute approximate surface area is 203 Å². The maximum absolute atomic E-state index is 11.4. The first-order valence-corrected chi connectivity index (χ1v) is 12.1. The summed E-state index contributed by atoms with van der Waals surface area (Å²) in [6.07, 6.45) is 1.34. The van der Waals surface area contributed by atoms with E-state index in [4.69, 9.17) is 0 Å². The zero-order chi connectivity index (χ0) is 24.2. The van der Waals surface area contributed by atoms with Crippen LogP contribution in [0.3, 0.4) is 0 Å². The van der Waals surface area contributed by atoms with Crippen LogP contribution < -0.4 is 0 Å². The number of rotatable bonds is 7. The van der Waals surface area contributed by atoms with Crippen LogP contribution in [0.4, 0.5) is 0 Å². The van der Waals surface area contributed by atoms with E-state index in [0.717, 1.165) is 33.4 Å². The van der Waals surface area contributed by atoms with Crippen LogP contribution >= 0.6 is 0 Å². The first-order valence-electron chi connectivity index (χ1n) is 12.1. The van der Waals surface area contributed by atoms with E-state index in [-0.39, 0.29) is 11.8 Å². The van der Waals surface area contributed by atoms with Crippen LogP contribution in [0.5, 0.6) is 11.5 Å². The first kappa shape index (κ1) is 23.6. The fourth-order valence-electron chi connectivity index (χ4n) is 5.03. The van der Waals surface area contributed by atoms with Gasteiger partial charge in [-0.15, -0.1) is 0 Å². The SMILES string of the molecule is Cc1cc(Cc2ccccc2)c(O)c(C(c2cc(C)cc(Cc3ccccc3)c2O)C(C)C)c1. The van der Waals surface area contributed by atoms with Gasteiger partial charge in [0.15, 0.2) is 0 Å². The number of hydrogen-bond acceptors (Lipinski definition) is 2. The lowest BCUT2D eigenvalue weighted by Crippen LogP contribution is -2.12. The van der Waals surface area contributed by atoms with Crippen LogP contribution in [0, 0.1) is 19.8 Å². The Morgan fingerprint density at radius 3 is 1.32 bits per heavy atom. The minimum atomic E-state index is -0.121. The molecule has 4 aromatic carbocycles. The van der Waals surface area contributed by atoms with Gasteiger partial charge in [0.05, 0.1) is 0 Å². The number of aromatic hydroxyl groups is 2. The molecule has 0 aliphatic carbocycles. The average Bonchev–Trinajstić information content (AvgIpc) is 2.81. The van der Waals surface area contributed by atoms with Gasteiger partial charge in [0, 0.05) is 29.9 Å². The monoisotopic (exact) mass is 450 g/mol. The summed E-state index contributed by atoms with van der Waals surface area (Å²) >= 11 is 0. The Kier molecular flexibility index (Phi) is 7.07. The summed E-state index contributed by atoms with van der Waals surface area (Å²) in [7, 11) is 0. The lowest BCUT2D eigenvalue weighted by molar-refractivity contribution is 0.430. The predicted octanol–water partition coefficient (Wildman–Crippen LogP) is 7.68. The molecule has 0 heterocycles. The third kappa shape index (κ3) is 5.17.